The van der Waals surface area contributed by atoms with E-state index in [1.54, 1.807) is 53.9 Å². The van der Waals surface area contributed by atoms with Gasteiger partial charge in [-0.15, -0.1) is 0 Å². The second-order valence-electron chi connectivity index (χ2n) is 19.7. The number of carbonyl (C=O) groups excluding carboxylic acids is 4. The number of rotatable bonds is 10. The van der Waals surface area contributed by atoms with E-state index >= 15 is 0 Å². The molecule has 378 valence electrons. The molecule has 0 radical (unpaired) electrons. The fraction of sp³-hybridized carbons (Fsp3) is 0.608. The number of piperidine rings is 1. The van der Waals surface area contributed by atoms with Crippen molar-refractivity contribution in [1.82, 2.24) is 10.2 Å². The molecule has 5 heterocycles. The van der Waals surface area contributed by atoms with E-state index in [-0.39, 0.29) is 50.5 Å². The average molecular weight is 962 g/mol. The lowest BCUT2D eigenvalue weighted by molar-refractivity contribution is -0.164. The molecule has 69 heavy (non-hydrogen) atoms. The molecule has 0 saturated carbocycles. The number of aliphatic hydroxyl groups excluding tert-OH is 2. The summed E-state index contributed by atoms with van der Waals surface area (Å²) in [7, 11) is 2.97. The van der Waals surface area contributed by atoms with E-state index in [2.05, 4.69) is 34.4 Å². The van der Waals surface area contributed by atoms with Crippen LogP contribution in [0.15, 0.2) is 46.1 Å². The molecule has 2 aromatic carbocycles. The molecule has 5 aliphatic heterocycles. The minimum Gasteiger partial charge on any atom is -0.507 e. The zero-order chi connectivity index (χ0) is 50.7. The number of aliphatic hydroxyl groups is 2. The summed E-state index contributed by atoms with van der Waals surface area (Å²) in [5.74, 6) is -8.11. The van der Waals surface area contributed by atoms with Crippen LogP contribution >= 0.6 is 0 Å². The quantitative estimate of drug-likeness (QED) is 0.0843. The monoisotopic (exact) mass is 962 g/mol. The Morgan fingerprint density at radius 2 is 1.67 bits per heavy atom. The van der Waals surface area contributed by atoms with E-state index in [1.165, 1.54) is 39.4 Å². The maximum Gasteiger partial charge on any atom is 0.315 e. The number of likely N-dealkylation sites (tertiary alicyclic amines) is 1. The Kier molecular flexibility index (Phi) is 16.7. The molecule has 0 aliphatic carbocycles. The van der Waals surface area contributed by atoms with Crippen LogP contribution in [0.25, 0.3) is 10.8 Å². The Hall–Kier alpha value is -5.40. The van der Waals surface area contributed by atoms with Crippen molar-refractivity contribution in [1.29, 1.82) is 0 Å². The molecule has 1 spiro atoms. The zero-order valence-electron chi connectivity index (χ0n) is 41.8. The van der Waals surface area contributed by atoms with Crippen molar-refractivity contribution in [3.8, 4) is 17.2 Å². The van der Waals surface area contributed by atoms with Gasteiger partial charge in [0.05, 0.1) is 41.2 Å². The van der Waals surface area contributed by atoms with Gasteiger partial charge in [0.2, 0.25) is 5.91 Å². The molecule has 0 aromatic heterocycles. The molecule has 1 fully saturated rings. The Morgan fingerprint density at radius 1 is 0.971 bits per heavy atom. The number of nitrogens with zero attached hydrogens (tertiary/aromatic N) is 3. The Bertz CT molecular complexity index is 2510. The van der Waals surface area contributed by atoms with Gasteiger partial charge in [-0.1, -0.05) is 59.8 Å². The molecular formula is C51H71N5O13. The fourth-order valence-corrected chi connectivity index (χ4v) is 9.88. The summed E-state index contributed by atoms with van der Waals surface area (Å²) in [5.41, 5.74) is -0.255. The zero-order valence-corrected chi connectivity index (χ0v) is 41.8. The number of aromatic hydroxyl groups is 2. The van der Waals surface area contributed by atoms with Gasteiger partial charge in [-0.3, -0.25) is 24.2 Å². The van der Waals surface area contributed by atoms with E-state index in [1.807, 2.05) is 0 Å². The standard InChI is InChI=1S/C51H71N5O13/c1-26(2)25-56-20-17-51(18-21-56)54-39-36-37-44(61)32(8)47-38(36)48(63)50(9,69-47)67-23-16-33(66-11)29(5)46(68-35(58)24-34(57)52-19-13-22-65-10)31(7)43(60)30(6)42(59)27(3)14-12-15-28(4)49(64)53-41(45(37)62)40(39)55-51/h12,14-16,23,26-27,29-31,33,42-43,46,54,59-62H,13,17-22,24-25H2,1-11H3,(H,52,57)/b14-12+,23-16+,28-15-,53-41?/t27-,29+,30+,31+,33-,42-,43+,46+,50-/m0/s1. The Balaban J connectivity index is 1.47. The van der Waals surface area contributed by atoms with Crippen LogP contribution in [0.5, 0.6) is 17.2 Å². The molecule has 0 unspecified atom stereocenters. The van der Waals surface area contributed by atoms with Gasteiger partial charge < -0.3 is 59.6 Å². The summed E-state index contributed by atoms with van der Waals surface area (Å²) in [6, 6.07) is 0. The van der Waals surface area contributed by atoms with Crippen molar-refractivity contribution < 1.29 is 63.3 Å². The van der Waals surface area contributed by atoms with Crippen LogP contribution < -0.4 is 26.1 Å². The molecule has 5 bridgehead atoms. The van der Waals surface area contributed by atoms with Crippen LogP contribution in [0.1, 0.15) is 97.0 Å². The normalized spacial score (nSPS) is 30.1. The maximum atomic E-state index is 14.9. The molecular weight excluding hydrogens is 891 g/mol. The topological polar surface area (TPSA) is 247 Å². The number of benzene rings is 2. The van der Waals surface area contributed by atoms with E-state index in [4.69, 9.17) is 28.7 Å². The third-order valence-corrected chi connectivity index (χ3v) is 14.0. The molecule has 5 aliphatic rings. The number of hydrogen-bond acceptors (Lipinski definition) is 16. The number of esters is 1. The molecule has 18 heteroatoms. The van der Waals surface area contributed by atoms with Crippen molar-refractivity contribution in [2.24, 2.45) is 39.6 Å². The molecule has 2 aromatic rings. The summed E-state index contributed by atoms with van der Waals surface area (Å²) in [6.07, 6.45) is 4.28. The predicted molar refractivity (Wildman–Crippen MR) is 256 cm³/mol. The number of fused-ring (bicyclic) bond motifs is 13. The summed E-state index contributed by atoms with van der Waals surface area (Å²) in [5, 5.41) is 53.7. The van der Waals surface area contributed by atoms with Gasteiger partial charge in [0, 0.05) is 107 Å². The van der Waals surface area contributed by atoms with E-state index in [0.717, 1.165) is 6.54 Å². The highest BCUT2D eigenvalue weighted by atomic mass is 16.7. The smallest absolute Gasteiger partial charge is 0.315 e. The van der Waals surface area contributed by atoms with Crippen LogP contribution in [0.2, 0.25) is 0 Å². The fourth-order valence-electron chi connectivity index (χ4n) is 9.88. The number of carbonyl (C=O) groups is 4. The van der Waals surface area contributed by atoms with Crippen molar-refractivity contribution in [2.75, 3.05) is 52.3 Å². The van der Waals surface area contributed by atoms with Gasteiger partial charge in [0.1, 0.15) is 40.4 Å². The lowest BCUT2D eigenvalue weighted by Gasteiger charge is -2.38. The highest BCUT2D eigenvalue weighted by molar-refractivity contribution is 6.21. The number of Topliss-reactive ketones (excluding diaryl/α,β-unsaturated/α-hetero) is 1. The van der Waals surface area contributed by atoms with Crippen molar-refractivity contribution in [3.63, 3.8) is 0 Å². The van der Waals surface area contributed by atoms with Crippen molar-refractivity contribution in [3.05, 3.63) is 58.0 Å². The van der Waals surface area contributed by atoms with Crippen molar-refractivity contribution in [2.45, 2.75) is 124 Å². The number of ketones is 1. The highest BCUT2D eigenvalue weighted by Gasteiger charge is 2.51. The van der Waals surface area contributed by atoms with E-state index in [0.29, 0.717) is 50.6 Å². The molecule has 2 amide bonds. The van der Waals surface area contributed by atoms with Gasteiger partial charge in [-0.25, -0.2) is 4.99 Å². The summed E-state index contributed by atoms with van der Waals surface area (Å²) < 4.78 is 29.4. The summed E-state index contributed by atoms with van der Waals surface area (Å²) >= 11 is 0. The number of phenolic OH excluding ortho intramolecular Hbond substituents is 2. The lowest BCUT2D eigenvalue weighted by atomic mass is 9.78. The van der Waals surface area contributed by atoms with E-state index < -0.39 is 101 Å². The number of methoxy groups -OCH3 is 2. The number of hydrogen-bond donors (Lipinski definition) is 6. The van der Waals surface area contributed by atoms with Gasteiger partial charge >= 0.3 is 11.8 Å². The second-order valence-corrected chi connectivity index (χ2v) is 19.7. The van der Waals surface area contributed by atoms with Crippen molar-refractivity contribution >= 4 is 40.0 Å². The van der Waals surface area contributed by atoms with Crippen LogP contribution in [0, 0.1) is 36.5 Å². The number of ether oxygens (including phenoxy) is 5. The third-order valence-electron chi connectivity index (χ3n) is 14.0. The third kappa shape index (κ3) is 11.0. The van der Waals surface area contributed by atoms with Crippen LogP contribution in [0.3, 0.4) is 0 Å². The molecule has 18 nitrogen and oxygen atoms in total. The molecule has 7 rings (SSSR count). The van der Waals surface area contributed by atoms with Gasteiger partial charge in [-0.2, -0.15) is 0 Å². The first kappa shape index (κ1) is 53.0. The molecule has 9 atom stereocenters. The van der Waals surface area contributed by atoms with Gasteiger partial charge in [0.15, 0.2) is 5.75 Å². The largest absolute Gasteiger partial charge is 0.507 e. The van der Waals surface area contributed by atoms with Crippen LogP contribution in [-0.2, 0) is 33.3 Å². The number of nitrogens with one attached hydrogen (secondary N) is 2. The minimum atomic E-state index is -2.01. The molecule has 1 saturated heterocycles. The highest BCUT2D eigenvalue weighted by Crippen LogP contribution is 2.51. The maximum absolute atomic E-state index is 14.9. The lowest BCUT2D eigenvalue weighted by Crippen LogP contribution is -2.47. The Morgan fingerprint density at radius 3 is 2.32 bits per heavy atom. The molecule has 6 N–H and O–H groups in total. The number of anilines is 1. The average Bonchev–Trinajstić information content (AvgIpc) is 3.81. The number of phenols is 2. The number of amides is 2. The first-order valence-electron chi connectivity index (χ1n) is 23.9. The SMILES string of the molecule is COCCCNC(=O)CC(=O)O[C@H]1[C@H](C)[C@H](O)[C@H](C)[C@@H](O)[C@@H](C)/C=C/C=C(/C)C(=O)N=c2c(O)c3c(O)c(C)c4c(c3c3c2=NC2(CCN(CC(C)C)CC2)N3)C(=O)[C@@](C)(O/C=C/[C@H](OC)[C@H]1C)O4. The number of allylic oxidation sites excluding steroid dienone is 2. The van der Waals surface area contributed by atoms with Gasteiger partial charge in [-0.05, 0) is 32.3 Å². The summed E-state index contributed by atoms with van der Waals surface area (Å²) in [6.45, 7) is 18.7. The minimum absolute atomic E-state index is 0.0212. The summed E-state index contributed by atoms with van der Waals surface area (Å²) in [4.78, 5) is 66.9. The van der Waals surface area contributed by atoms with E-state index in [9.17, 15) is 39.6 Å². The predicted octanol–water partition coefficient (Wildman–Crippen LogP) is 4.27. The van der Waals surface area contributed by atoms with Crippen LogP contribution in [-0.4, -0.2) is 132 Å². The van der Waals surface area contributed by atoms with Crippen LogP contribution in [0.4, 0.5) is 5.69 Å². The first-order chi connectivity index (χ1) is 32.6. The first-order valence-corrected chi connectivity index (χ1v) is 23.9. The van der Waals surface area contributed by atoms with Gasteiger partial charge in [0.25, 0.3) is 11.7 Å². The second kappa shape index (κ2) is 21.7. The Labute approximate surface area is 403 Å².